The van der Waals surface area contributed by atoms with Gasteiger partial charge in [0.05, 0.1) is 8.07 Å². The molecule has 0 unspecified atom stereocenters. The summed E-state index contributed by atoms with van der Waals surface area (Å²) in [5.41, 5.74) is 4.12. The lowest BCUT2D eigenvalue weighted by molar-refractivity contribution is 0.667. The van der Waals surface area contributed by atoms with E-state index in [1.54, 1.807) is 5.20 Å². The number of fused-ring (bicyclic) bond motifs is 3. The number of allylic oxidation sites excluding steroid dienone is 2. The standard InChI is InChI=1S/C20H20BrNOSi/c1-24(2,3)14-8-9-18(22-12-14)17-11-13(21)10-16-15-6-4-5-7-19(15)23-20(16)17/h4-11,22H,12H2,1-3H3. The van der Waals surface area contributed by atoms with Crippen LogP contribution in [-0.4, -0.2) is 14.6 Å². The average Bonchev–Trinajstić information content (AvgIpc) is 2.92. The molecule has 4 rings (SSSR count). The Bertz CT molecular complexity index is 1010. The molecule has 1 aliphatic heterocycles. The second kappa shape index (κ2) is 5.64. The Morgan fingerprint density at radius 3 is 2.54 bits per heavy atom. The van der Waals surface area contributed by atoms with E-state index in [4.69, 9.17) is 4.42 Å². The predicted octanol–water partition coefficient (Wildman–Crippen LogP) is 6.10. The van der Waals surface area contributed by atoms with Gasteiger partial charge < -0.3 is 9.73 Å². The summed E-state index contributed by atoms with van der Waals surface area (Å²) in [7, 11) is -1.26. The van der Waals surface area contributed by atoms with Crippen LogP contribution in [0.5, 0.6) is 0 Å². The van der Waals surface area contributed by atoms with E-state index in [0.717, 1.165) is 44.2 Å². The average molecular weight is 398 g/mol. The van der Waals surface area contributed by atoms with Gasteiger partial charge in [0.2, 0.25) is 0 Å². The maximum absolute atomic E-state index is 6.17. The first-order valence-electron chi connectivity index (χ1n) is 8.20. The van der Waals surface area contributed by atoms with Crippen LogP contribution in [0.4, 0.5) is 0 Å². The van der Waals surface area contributed by atoms with Gasteiger partial charge in [-0.3, -0.25) is 0 Å². The molecule has 0 fully saturated rings. The number of benzene rings is 2. The van der Waals surface area contributed by atoms with E-state index in [2.05, 4.69) is 77.3 Å². The maximum Gasteiger partial charge on any atom is 0.144 e. The Morgan fingerprint density at radius 2 is 1.83 bits per heavy atom. The van der Waals surface area contributed by atoms with Crippen LogP contribution < -0.4 is 5.32 Å². The lowest BCUT2D eigenvalue weighted by atomic mass is 10.1. The van der Waals surface area contributed by atoms with Crippen LogP contribution in [0.15, 0.2) is 62.6 Å². The fourth-order valence-corrected chi connectivity index (χ4v) is 4.84. The lowest BCUT2D eigenvalue weighted by Crippen LogP contribution is -2.33. The fraction of sp³-hybridized carbons (Fsp3) is 0.200. The van der Waals surface area contributed by atoms with Crippen molar-refractivity contribution in [2.24, 2.45) is 0 Å². The molecule has 0 aliphatic carbocycles. The Balaban J connectivity index is 1.91. The van der Waals surface area contributed by atoms with E-state index >= 15 is 0 Å². The van der Waals surface area contributed by atoms with Crippen molar-refractivity contribution in [3.05, 3.63) is 63.8 Å². The molecule has 1 aromatic heterocycles. The number of furan rings is 1. The molecule has 1 aliphatic rings. The van der Waals surface area contributed by atoms with Crippen LogP contribution >= 0.6 is 15.9 Å². The van der Waals surface area contributed by atoms with Gasteiger partial charge in [0, 0.05) is 33.1 Å². The summed E-state index contributed by atoms with van der Waals surface area (Å²) in [6, 6.07) is 12.5. The fourth-order valence-electron chi connectivity index (χ4n) is 3.18. The predicted molar refractivity (Wildman–Crippen MR) is 109 cm³/mol. The van der Waals surface area contributed by atoms with E-state index in [9.17, 15) is 0 Å². The first-order chi connectivity index (χ1) is 11.4. The van der Waals surface area contributed by atoms with Crippen molar-refractivity contribution in [2.75, 3.05) is 6.54 Å². The van der Waals surface area contributed by atoms with Crippen LogP contribution in [0, 0.1) is 0 Å². The molecule has 3 aromatic rings. The summed E-state index contributed by atoms with van der Waals surface area (Å²) in [5.74, 6) is 0. The van der Waals surface area contributed by atoms with E-state index in [-0.39, 0.29) is 0 Å². The molecule has 122 valence electrons. The molecule has 0 saturated carbocycles. The van der Waals surface area contributed by atoms with Gasteiger partial charge in [0.1, 0.15) is 11.2 Å². The summed E-state index contributed by atoms with van der Waals surface area (Å²) in [6.45, 7) is 8.08. The number of rotatable bonds is 2. The number of hydrogen-bond donors (Lipinski definition) is 1. The third-order valence-corrected chi connectivity index (χ3v) is 7.34. The summed E-state index contributed by atoms with van der Waals surface area (Å²) in [5, 5.41) is 7.45. The van der Waals surface area contributed by atoms with E-state index in [1.165, 1.54) is 0 Å². The van der Waals surface area contributed by atoms with Gasteiger partial charge in [-0.25, -0.2) is 0 Å². The second-order valence-electron chi connectivity index (χ2n) is 7.30. The highest BCUT2D eigenvalue weighted by Gasteiger charge is 2.22. The third-order valence-electron chi connectivity index (χ3n) is 4.62. The molecule has 0 bridgehead atoms. The molecule has 2 nitrogen and oxygen atoms in total. The molecule has 0 atom stereocenters. The molecule has 0 spiro atoms. The third kappa shape index (κ3) is 2.64. The van der Waals surface area contributed by atoms with Crippen molar-refractivity contribution < 1.29 is 4.42 Å². The zero-order valence-corrected chi connectivity index (χ0v) is 16.7. The maximum atomic E-state index is 6.17. The Kier molecular flexibility index (Phi) is 3.70. The Labute approximate surface area is 151 Å². The molecule has 24 heavy (non-hydrogen) atoms. The topological polar surface area (TPSA) is 25.2 Å². The minimum absolute atomic E-state index is 0.926. The number of para-hydroxylation sites is 1. The molecule has 0 amide bonds. The summed E-state index contributed by atoms with van der Waals surface area (Å²) in [4.78, 5) is 0. The highest BCUT2D eigenvalue weighted by Crippen LogP contribution is 2.36. The molecule has 0 saturated heterocycles. The van der Waals surface area contributed by atoms with Gasteiger partial charge >= 0.3 is 0 Å². The summed E-state index contributed by atoms with van der Waals surface area (Å²) < 4.78 is 7.24. The van der Waals surface area contributed by atoms with Crippen molar-refractivity contribution in [3.63, 3.8) is 0 Å². The zero-order valence-electron chi connectivity index (χ0n) is 14.1. The van der Waals surface area contributed by atoms with Crippen molar-refractivity contribution in [1.82, 2.24) is 5.32 Å². The summed E-state index contributed by atoms with van der Waals surface area (Å²) >= 11 is 3.66. The largest absolute Gasteiger partial charge is 0.455 e. The van der Waals surface area contributed by atoms with Gasteiger partial charge in [-0.15, -0.1) is 0 Å². The van der Waals surface area contributed by atoms with Crippen LogP contribution in [-0.2, 0) is 0 Å². The van der Waals surface area contributed by atoms with E-state index in [0.29, 0.717) is 0 Å². The molecular formula is C20H20BrNOSi. The number of hydrogen-bond acceptors (Lipinski definition) is 2. The Morgan fingerprint density at radius 1 is 1.04 bits per heavy atom. The van der Waals surface area contributed by atoms with E-state index in [1.807, 2.05) is 12.1 Å². The normalized spacial score (nSPS) is 15.3. The van der Waals surface area contributed by atoms with Crippen LogP contribution in [0.2, 0.25) is 19.6 Å². The Hall–Kier alpha value is -1.78. The number of halogens is 1. The van der Waals surface area contributed by atoms with Crippen LogP contribution in [0.3, 0.4) is 0 Å². The van der Waals surface area contributed by atoms with Crippen molar-refractivity contribution in [1.29, 1.82) is 0 Å². The number of nitrogens with one attached hydrogen (secondary N) is 1. The molecule has 2 heterocycles. The highest BCUT2D eigenvalue weighted by molar-refractivity contribution is 9.10. The van der Waals surface area contributed by atoms with Crippen LogP contribution in [0.25, 0.3) is 27.6 Å². The van der Waals surface area contributed by atoms with Gasteiger partial charge in [0.25, 0.3) is 0 Å². The van der Waals surface area contributed by atoms with Crippen LogP contribution in [0.1, 0.15) is 5.56 Å². The highest BCUT2D eigenvalue weighted by atomic mass is 79.9. The quantitative estimate of drug-likeness (QED) is 0.528. The number of dihydropyridines is 1. The molecule has 1 N–H and O–H groups in total. The van der Waals surface area contributed by atoms with Gasteiger partial charge in [0.15, 0.2) is 0 Å². The van der Waals surface area contributed by atoms with Crippen molar-refractivity contribution in [3.8, 4) is 0 Å². The minimum Gasteiger partial charge on any atom is -0.455 e. The smallest absolute Gasteiger partial charge is 0.144 e. The van der Waals surface area contributed by atoms with Crippen molar-refractivity contribution in [2.45, 2.75) is 19.6 Å². The van der Waals surface area contributed by atoms with Crippen molar-refractivity contribution >= 4 is 51.6 Å². The molecule has 2 aromatic carbocycles. The van der Waals surface area contributed by atoms with Gasteiger partial charge in [-0.1, -0.05) is 65.0 Å². The molecular weight excluding hydrogens is 378 g/mol. The summed E-state index contributed by atoms with van der Waals surface area (Å²) in [6.07, 6.45) is 4.50. The lowest BCUT2D eigenvalue weighted by Gasteiger charge is -2.25. The first kappa shape index (κ1) is 15.7. The molecule has 4 heteroatoms. The van der Waals surface area contributed by atoms with E-state index < -0.39 is 8.07 Å². The molecule has 0 radical (unpaired) electrons. The second-order valence-corrected chi connectivity index (χ2v) is 13.4. The minimum atomic E-state index is -1.26. The monoisotopic (exact) mass is 397 g/mol. The van der Waals surface area contributed by atoms with Gasteiger partial charge in [-0.2, -0.15) is 0 Å². The SMILES string of the molecule is C[Si](C)(C)C1=CC=C(c2cc(Br)cc3c2oc2ccccc23)NC1. The first-order valence-corrected chi connectivity index (χ1v) is 12.5. The zero-order chi connectivity index (χ0) is 16.9. The van der Waals surface area contributed by atoms with Gasteiger partial charge in [-0.05, 0) is 24.3 Å².